The van der Waals surface area contributed by atoms with Gasteiger partial charge in [-0.25, -0.2) is 0 Å². The third-order valence-electron chi connectivity index (χ3n) is 2.78. The first kappa shape index (κ1) is 16.0. The molecule has 16 heavy (non-hydrogen) atoms. The molecule has 0 aromatic heterocycles. The van der Waals surface area contributed by atoms with E-state index in [-0.39, 0.29) is 5.60 Å². The van der Waals surface area contributed by atoms with Gasteiger partial charge in [-0.15, -0.1) is 0 Å². The van der Waals surface area contributed by atoms with Gasteiger partial charge in [-0.2, -0.15) is 0 Å². The highest BCUT2D eigenvalue weighted by atomic mass is 16.5. The van der Waals surface area contributed by atoms with E-state index in [0.29, 0.717) is 0 Å². The summed E-state index contributed by atoms with van der Waals surface area (Å²) in [7, 11) is 0. The van der Waals surface area contributed by atoms with Crippen LogP contribution in [0.2, 0.25) is 0 Å². The third kappa shape index (κ3) is 14.0. The second-order valence-electron chi connectivity index (χ2n) is 5.79. The molecule has 0 unspecified atom stereocenters. The van der Waals surface area contributed by atoms with Gasteiger partial charge in [0.2, 0.25) is 0 Å². The highest BCUT2D eigenvalue weighted by Gasteiger charge is 2.08. The summed E-state index contributed by atoms with van der Waals surface area (Å²) in [6.45, 7) is 9.58. The minimum atomic E-state index is 0.0418. The smallest absolute Gasteiger partial charge is 0.0598 e. The van der Waals surface area contributed by atoms with E-state index in [1.165, 1.54) is 57.8 Å². The van der Waals surface area contributed by atoms with Gasteiger partial charge in [0.1, 0.15) is 0 Å². The second-order valence-corrected chi connectivity index (χ2v) is 5.79. The van der Waals surface area contributed by atoms with E-state index in [4.69, 9.17) is 4.74 Å². The molecule has 0 rings (SSSR count). The first-order valence-electron chi connectivity index (χ1n) is 7.20. The van der Waals surface area contributed by atoms with Crippen LogP contribution in [0.5, 0.6) is 0 Å². The van der Waals surface area contributed by atoms with Crippen molar-refractivity contribution >= 4 is 0 Å². The van der Waals surface area contributed by atoms with Crippen molar-refractivity contribution in [3.8, 4) is 0 Å². The lowest BCUT2D eigenvalue weighted by Gasteiger charge is -2.19. The fourth-order valence-corrected chi connectivity index (χ4v) is 1.79. The lowest BCUT2D eigenvalue weighted by atomic mass is 10.1. The van der Waals surface area contributed by atoms with Crippen LogP contribution in [0.4, 0.5) is 0 Å². The first-order chi connectivity index (χ1) is 7.56. The average Bonchev–Trinajstić information content (AvgIpc) is 2.19. The van der Waals surface area contributed by atoms with Crippen LogP contribution >= 0.6 is 0 Å². The summed E-state index contributed by atoms with van der Waals surface area (Å²) < 4.78 is 5.69. The molecule has 98 valence electrons. The predicted molar refractivity (Wildman–Crippen MR) is 72.9 cm³/mol. The van der Waals surface area contributed by atoms with Crippen LogP contribution in [0.15, 0.2) is 0 Å². The molecule has 0 heterocycles. The Morgan fingerprint density at radius 3 is 1.56 bits per heavy atom. The topological polar surface area (TPSA) is 9.23 Å². The second kappa shape index (κ2) is 10.1. The van der Waals surface area contributed by atoms with Crippen LogP contribution < -0.4 is 0 Å². The largest absolute Gasteiger partial charge is 0.376 e. The molecule has 0 radical (unpaired) electrons. The van der Waals surface area contributed by atoms with Gasteiger partial charge < -0.3 is 4.74 Å². The third-order valence-corrected chi connectivity index (χ3v) is 2.78. The van der Waals surface area contributed by atoms with Crippen LogP contribution in [0.25, 0.3) is 0 Å². The van der Waals surface area contributed by atoms with E-state index in [0.717, 1.165) is 6.61 Å². The van der Waals surface area contributed by atoms with E-state index in [9.17, 15) is 0 Å². The molecule has 0 bridgehead atoms. The number of hydrogen-bond acceptors (Lipinski definition) is 1. The zero-order chi connectivity index (χ0) is 12.3. The van der Waals surface area contributed by atoms with Crippen LogP contribution in [-0.4, -0.2) is 12.2 Å². The maximum absolute atomic E-state index is 5.69. The Morgan fingerprint density at radius 1 is 0.688 bits per heavy atom. The molecule has 0 spiro atoms. The molecular formula is C15H32O. The fraction of sp³-hybridized carbons (Fsp3) is 1.00. The lowest BCUT2D eigenvalue weighted by molar-refractivity contribution is -0.00474. The maximum Gasteiger partial charge on any atom is 0.0598 e. The SMILES string of the molecule is CCCCCCCCCCCOC(C)(C)C. The first-order valence-corrected chi connectivity index (χ1v) is 7.20. The van der Waals surface area contributed by atoms with Gasteiger partial charge in [-0.05, 0) is 27.2 Å². The van der Waals surface area contributed by atoms with E-state index in [1.807, 2.05) is 0 Å². The molecule has 0 atom stereocenters. The molecule has 0 saturated heterocycles. The van der Waals surface area contributed by atoms with Crippen molar-refractivity contribution in [1.29, 1.82) is 0 Å². The van der Waals surface area contributed by atoms with Crippen molar-refractivity contribution in [1.82, 2.24) is 0 Å². The van der Waals surface area contributed by atoms with Crippen molar-refractivity contribution in [3.05, 3.63) is 0 Å². The van der Waals surface area contributed by atoms with E-state index >= 15 is 0 Å². The van der Waals surface area contributed by atoms with Gasteiger partial charge in [0.25, 0.3) is 0 Å². The summed E-state index contributed by atoms with van der Waals surface area (Å²) in [4.78, 5) is 0. The minimum Gasteiger partial charge on any atom is -0.376 e. The fourth-order valence-electron chi connectivity index (χ4n) is 1.79. The molecule has 0 aromatic rings. The van der Waals surface area contributed by atoms with Gasteiger partial charge >= 0.3 is 0 Å². The molecule has 0 aliphatic heterocycles. The molecule has 0 amide bonds. The van der Waals surface area contributed by atoms with Crippen molar-refractivity contribution in [2.45, 2.75) is 91.1 Å². The molecule has 0 aliphatic rings. The highest BCUT2D eigenvalue weighted by Crippen LogP contribution is 2.11. The Kier molecular flexibility index (Phi) is 10.1. The van der Waals surface area contributed by atoms with Gasteiger partial charge in [-0.3, -0.25) is 0 Å². The number of ether oxygens (including phenoxy) is 1. The quantitative estimate of drug-likeness (QED) is 0.459. The summed E-state index contributed by atoms with van der Waals surface area (Å²) in [5.41, 5.74) is 0.0418. The number of rotatable bonds is 10. The van der Waals surface area contributed by atoms with Gasteiger partial charge in [0.05, 0.1) is 5.60 Å². The molecule has 1 heteroatoms. The maximum atomic E-state index is 5.69. The van der Waals surface area contributed by atoms with Crippen LogP contribution in [0.3, 0.4) is 0 Å². The van der Waals surface area contributed by atoms with Crippen LogP contribution in [0, 0.1) is 0 Å². The molecule has 0 saturated carbocycles. The van der Waals surface area contributed by atoms with Crippen LogP contribution in [-0.2, 0) is 4.74 Å². The van der Waals surface area contributed by atoms with Crippen LogP contribution in [0.1, 0.15) is 85.5 Å². The van der Waals surface area contributed by atoms with Gasteiger partial charge in [-0.1, -0.05) is 58.3 Å². The highest BCUT2D eigenvalue weighted by molar-refractivity contribution is 4.58. The molecular weight excluding hydrogens is 196 g/mol. The van der Waals surface area contributed by atoms with E-state index in [1.54, 1.807) is 0 Å². The summed E-state index contributed by atoms with van der Waals surface area (Å²) in [6.07, 6.45) is 12.4. The van der Waals surface area contributed by atoms with Gasteiger partial charge in [0.15, 0.2) is 0 Å². The standard InChI is InChI=1S/C15H32O/c1-5-6-7-8-9-10-11-12-13-14-16-15(2,3)4/h5-14H2,1-4H3. The molecule has 0 N–H and O–H groups in total. The Bertz CT molecular complexity index is 135. The molecule has 1 nitrogen and oxygen atoms in total. The molecule has 0 fully saturated rings. The van der Waals surface area contributed by atoms with E-state index < -0.39 is 0 Å². The molecule has 0 aliphatic carbocycles. The van der Waals surface area contributed by atoms with Crippen molar-refractivity contribution < 1.29 is 4.74 Å². The van der Waals surface area contributed by atoms with Gasteiger partial charge in [0, 0.05) is 6.61 Å². The average molecular weight is 228 g/mol. The lowest BCUT2D eigenvalue weighted by Crippen LogP contribution is -2.19. The number of hydrogen-bond donors (Lipinski definition) is 0. The summed E-state index contributed by atoms with van der Waals surface area (Å²) in [6, 6.07) is 0. The van der Waals surface area contributed by atoms with Crippen molar-refractivity contribution in [3.63, 3.8) is 0 Å². The summed E-state index contributed by atoms with van der Waals surface area (Å²) in [5.74, 6) is 0. The summed E-state index contributed by atoms with van der Waals surface area (Å²) in [5, 5.41) is 0. The predicted octanol–water partition coefficient (Wildman–Crippen LogP) is 5.33. The Labute approximate surface area is 103 Å². The summed E-state index contributed by atoms with van der Waals surface area (Å²) >= 11 is 0. The van der Waals surface area contributed by atoms with E-state index in [2.05, 4.69) is 27.7 Å². The number of unbranched alkanes of at least 4 members (excludes halogenated alkanes) is 8. The Balaban J connectivity index is 2.99. The Morgan fingerprint density at radius 2 is 1.12 bits per heavy atom. The minimum absolute atomic E-state index is 0.0418. The molecule has 0 aromatic carbocycles. The van der Waals surface area contributed by atoms with Crippen molar-refractivity contribution in [2.24, 2.45) is 0 Å². The Hall–Kier alpha value is -0.0400. The zero-order valence-corrected chi connectivity index (χ0v) is 12.0. The zero-order valence-electron chi connectivity index (χ0n) is 12.0. The normalized spacial score (nSPS) is 12.0. The monoisotopic (exact) mass is 228 g/mol. The van der Waals surface area contributed by atoms with Crippen molar-refractivity contribution in [2.75, 3.05) is 6.61 Å².